The highest BCUT2D eigenvalue weighted by molar-refractivity contribution is 5.88. The number of hydrogen-bond donors (Lipinski definition) is 3. The van der Waals surface area contributed by atoms with Crippen LogP contribution in [0.3, 0.4) is 0 Å². The van der Waals surface area contributed by atoms with Crippen LogP contribution in [0.5, 0.6) is 0 Å². The van der Waals surface area contributed by atoms with E-state index in [4.69, 9.17) is 0 Å². The Morgan fingerprint density at radius 1 is 1.08 bits per heavy atom. The average Bonchev–Trinajstić information content (AvgIpc) is 2.88. The number of carboxylic acid groups (broad SMARTS) is 1. The molecule has 0 spiro atoms. The van der Waals surface area contributed by atoms with Crippen LogP contribution in [0.1, 0.15) is 48.7 Å². The van der Waals surface area contributed by atoms with E-state index in [1.165, 1.54) is 22.4 Å². The van der Waals surface area contributed by atoms with E-state index in [1.807, 2.05) is 12.1 Å². The molecule has 2 aromatic rings. The van der Waals surface area contributed by atoms with E-state index >= 15 is 0 Å². The van der Waals surface area contributed by atoms with Crippen molar-refractivity contribution >= 4 is 23.6 Å². The Balaban J connectivity index is 1.71. The van der Waals surface area contributed by atoms with Crippen molar-refractivity contribution in [3.05, 3.63) is 82.9 Å². The summed E-state index contributed by atoms with van der Waals surface area (Å²) in [6, 6.07) is 15.8. The molecule has 190 valence electrons. The molecule has 6 nitrogen and oxygen atoms in total. The minimum Gasteiger partial charge on any atom is -0.478 e. The lowest BCUT2D eigenvalue weighted by atomic mass is 9.59. The van der Waals surface area contributed by atoms with Crippen LogP contribution in [0.2, 0.25) is 0 Å². The van der Waals surface area contributed by atoms with Crippen molar-refractivity contribution in [2.24, 2.45) is 10.8 Å². The fraction of sp³-hybridized carbons (Fsp3) is 0.400. The van der Waals surface area contributed by atoms with Crippen molar-refractivity contribution < 1.29 is 14.7 Å². The zero-order valence-corrected chi connectivity index (χ0v) is 21.5. The fourth-order valence-corrected chi connectivity index (χ4v) is 5.91. The van der Waals surface area contributed by atoms with Crippen molar-refractivity contribution in [2.75, 3.05) is 37.6 Å². The van der Waals surface area contributed by atoms with Crippen LogP contribution in [-0.2, 0) is 11.2 Å². The van der Waals surface area contributed by atoms with E-state index in [-0.39, 0.29) is 16.4 Å². The number of carbonyl (C=O) groups excluding carboxylic acids is 1. The number of benzene rings is 2. The molecule has 1 amide bonds. The topological polar surface area (TPSA) is 81.7 Å². The number of piperazine rings is 1. The number of hydrogen-bond acceptors (Lipinski definition) is 4. The second kappa shape index (κ2) is 10.7. The quantitative estimate of drug-likeness (QED) is 0.377. The summed E-state index contributed by atoms with van der Waals surface area (Å²) in [6.45, 7) is 11.2. The van der Waals surface area contributed by atoms with E-state index in [2.05, 4.69) is 72.7 Å². The highest BCUT2D eigenvalue weighted by atomic mass is 16.4. The number of aromatic carboxylic acids is 1. The van der Waals surface area contributed by atoms with Gasteiger partial charge in [-0.15, -0.1) is 0 Å². The number of para-hydroxylation sites is 1. The second-order valence-electron chi connectivity index (χ2n) is 10.6. The van der Waals surface area contributed by atoms with Crippen molar-refractivity contribution in [1.29, 1.82) is 0 Å². The van der Waals surface area contributed by atoms with Gasteiger partial charge in [0.25, 0.3) is 0 Å². The molecule has 2 aliphatic rings. The van der Waals surface area contributed by atoms with Crippen LogP contribution in [0, 0.1) is 10.8 Å². The minimum atomic E-state index is -0.922. The fourth-order valence-electron chi connectivity index (χ4n) is 5.91. The molecule has 1 aliphatic heterocycles. The Labute approximate surface area is 214 Å². The van der Waals surface area contributed by atoms with Gasteiger partial charge in [0.2, 0.25) is 6.41 Å². The van der Waals surface area contributed by atoms with Gasteiger partial charge in [0.1, 0.15) is 0 Å². The number of carbonyl (C=O) groups is 2. The van der Waals surface area contributed by atoms with Gasteiger partial charge in [-0.05, 0) is 47.7 Å². The first kappa shape index (κ1) is 25.7. The molecular weight excluding hydrogens is 450 g/mol. The minimum absolute atomic E-state index is 0.223. The predicted octanol–water partition coefficient (Wildman–Crippen LogP) is 4.53. The molecule has 2 aromatic carbocycles. The predicted molar refractivity (Wildman–Crippen MR) is 145 cm³/mol. The molecular formula is C30H37N3O3. The van der Waals surface area contributed by atoms with Gasteiger partial charge in [0.15, 0.2) is 0 Å². The summed E-state index contributed by atoms with van der Waals surface area (Å²) in [4.78, 5) is 25.0. The third kappa shape index (κ3) is 5.24. The summed E-state index contributed by atoms with van der Waals surface area (Å²) < 4.78 is 0. The number of nitrogens with one attached hydrogen (secondary N) is 2. The van der Waals surface area contributed by atoms with Crippen molar-refractivity contribution in [3.63, 3.8) is 0 Å². The third-order valence-electron chi connectivity index (χ3n) is 7.75. The summed E-state index contributed by atoms with van der Waals surface area (Å²) in [6.07, 6.45) is 7.00. The van der Waals surface area contributed by atoms with Crippen LogP contribution in [-0.4, -0.2) is 50.2 Å². The summed E-state index contributed by atoms with van der Waals surface area (Å²) >= 11 is 0. The Bertz CT molecular complexity index is 1160. The van der Waals surface area contributed by atoms with Gasteiger partial charge in [0, 0.05) is 49.2 Å². The van der Waals surface area contributed by atoms with Crippen LogP contribution in [0.4, 0.5) is 5.69 Å². The van der Waals surface area contributed by atoms with Gasteiger partial charge in [-0.25, -0.2) is 4.79 Å². The number of amides is 1. The highest BCUT2D eigenvalue weighted by Crippen LogP contribution is 2.54. The van der Waals surface area contributed by atoms with Crippen molar-refractivity contribution in [3.8, 4) is 0 Å². The van der Waals surface area contributed by atoms with E-state index in [0.29, 0.717) is 6.54 Å². The molecule has 3 N–H and O–H groups in total. The molecule has 36 heavy (non-hydrogen) atoms. The van der Waals surface area contributed by atoms with Crippen LogP contribution in [0.25, 0.3) is 5.57 Å². The molecule has 1 heterocycles. The molecule has 0 saturated carbocycles. The van der Waals surface area contributed by atoms with Crippen LogP contribution < -0.4 is 15.5 Å². The molecule has 1 fully saturated rings. The van der Waals surface area contributed by atoms with Crippen molar-refractivity contribution in [1.82, 2.24) is 10.6 Å². The smallest absolute Gasteiger partial charge is 0.335 e. The highest BCUT2D eigenvalue weighted by Gasteiger charge is 2.43. The normalized spacial score (nSPS) is 22.7. The first-order valence-electron chi connectivity index (χ1n) is 12.7. The molecule has 0 radical (unpaired) electrons. The van der Waals surface area contributed by atoms with Gasteiger partial charge in [-0.3, -0.25) is 4.79 Å². The largest absolute Gasteiger partial charge is 0.478 e. The Hall–Kier alpha value is -3.38. The van der Waals surface area contributed by atoms with Gasteiger partial charge in [-0.2, -0.15) is 0 Å². The third-order valence-corrected chi connectivity index (χ3v) is 7.75. The SMILES string of the molecule is CC1(CNC=O)CC=C(c2ccc(C(=O)O)cc2)C(C)(C)/C1=C/Cc1ccccc1N1CCNCC1. The Kier molecular flexibility index (Phi) is 7.65. The molecule has 1 unspecified atom stereocenters. The van der Waals surface area contributed by atoms with Crippen LogP contribution in [0.15, 0.2) is 66.3 Å². The second-order valence-corrected chi connectivity index (χ2v) is 10.6. The molecule has 0 aromatic heterocycles. The van der Waals surface area contributed by atoms with Crippen molar-refractivity contribution in [2.45, 2.75) is 33.6 Å². The number of rotatable bonds is 8. The lowest BCUT2D eigenvalue weighted by molar-refractivity contribution is -0.109. The maximum absolute atomic E-state index is 11.3. The molecule has 4 rings (SSSR count). The van der Waals surface area contributed by atoms with E-state index < -0.39 is 5.97 Å². The maximum atomic E-state index is 11.3. The van der Waals surface area contributed by atoms with Gasteiger partial charge < -0.3 is 20.6 Å². The lowest BCUT2D eigenvalue weighted by Crippen LogP contribution is -2.43. The van der Waals surface area contributed by atoms with Gasteiger partial charge in [0.05, 0.1) is 5.56 Å². The molecule has 6 heteroatoms. The maximum Gasteiger partial charge on any atom is 0.335 e. The zero-order valence-electron chi connectivity index (χ0n) is 21.5. The number of anilines is 1. The Morgan fingerprint density at radius 3 is 2.44 bits per heavy atom. The van der Waals surface area contributed by atoms with Gasteiger partial charge >= 0.3 is 5.97 Å². The summed E-state index contributed by atoms with van der Waals surface area (Å²) in [5.41, 5.74) is 5.86. The Morgan fingerprint density at radius 2 is 1.78 bits per heavy atom. The summed E-state index contributed by atoms with van der Waals surface area (Å²) in [5.74, 6) is -0.922. The van der Waals surface area contributed by atoms with Gasteiger partial charge in [-0.1, -0.05) is 68.8 Å². The number of nitrogens with zero attached hydrogens (tertiary/aromatic N) is 1. The molecule has 1 atom stereocenters. The van der Waals surface area contributed by atoms with E-state index in [1.54, 1.807) is 12.1 Å². The first-order chi connectivity index (χ1) is 17.3. The first-order valence-corrected chi connectivity index (χ1v) is 12.7. The lowest BCUT2D eigenvalue weighted by Gasteiger charge is -2.46. The average molecular weight is 488 g/mol. The summed E-state index contributed by atoms with van der Waals surface area (Å²) in [7, 11) is 0. The monoisotopic (exact) mass is 487 g/mol. The van der Waals surface area contributed by atoms with E-state index in [0.717, 1.165) is 51.0 Å². The zero-order chi connectivity index (χ0) is 25.8. The molecule has 0 bridgehead atoms. The van der Waals surface area contributed by atoms with E-state index in [9.17, 15) is 14.7 Å². The molecule has 1 saturated heterocycles. The standard InChI is InChI=1S/C30H37N3O3/c1-29(2)25(22-8-10-24(11-9-22)28(35)36)14-15-30(3,20-32-21-34)27(29)13-12-23-6-4-5-7-26(23)33-18-16-31-17-19-33/h4-11,13-14,21,31H,12,15-20H2,1-3H3,(H,32,34)(H,35,36)/b27-13-. The molecule has 1 aliphatic carbocycles. The summed E-state index contributed by atoms with van der Waals surface area (Å²) in [5, 5.41) is 15.7. The number of allylic oxidation sites excluding steroid dienone is 3. The number of carboxylic acids is 1. The van der Waals surface area contributed by atoms with Crippen LogP contribution >= 0.6 is 0 Å².